The molecule has 7 nitrogen and oxygen atoms in total. The van der Waals surface area contributed by atoms with Crippen LogP contribution in [0.5, 0.6) is 0 Å². The summed E-state index contributed by atoms with van der Waals surface area (Å²) in [5.74, 6) is -0.288. The maximum atomic E-state index is 14.3. The van der Waals surface area contributed by atoms with Gasteiger partial charge in [-0.1, -0.05) is 51.5 Å². The highest BCUT2D eigenvalue weighted by atomic mass is 16.6. The summed E-state index contributed by atoms with van der Waals surface area (Å²) in [5.41, 5.74) is 2.12. The molecule has 0 fully saturated rings. The Balaban J connectivity index is 3.66. The van der Waals surface area contributed by atoms with Crippen LogP contribution in [0, 0.1) is 25.7 Å². The highest BCUT2D eigenvalue weighted by molar-refractivity contribution is 5.92. The van der Waals surface area contributed by atoms with Crippen LogP contribution >= 0.6 is 0 Å². The molecular formula is C30H51N3O4. The van der Waals surface area contributed by atoms with E-state index in [1.807, 2.05) is 66.7 Å². The Morgan fingerprint density at radius 3 is 1.97 bits per heavy atom. The lowest BCUT2D eigenvalue weighted by atomic mass is 9.92. The van der Waals surface area contributed by atoms with Gasteiger partial charge in [0.25, 0.3) is 0 Å². The van der Waals surface area contributed by atoms with E-state index in [2.05, 4.69) is 24.5 Å². The van der Waals surface area contributed by atoms with E-state index in [9.17, 15) is 14.4 Å². The average molecular weight is 518 g/mol. The molecule has 0 heterocycles. The van der Waals surface area contributed by atoms with Crippen LogP contribution in [-0.4, -0.2) is 46.5 Å². The van der Waals surface area contributed by atoms with Gasteiger partial charge in [-0.25, -0.2) is 4.79 Å². The number of nitrogens with one attached hydrogen (secondary N) is 2. The Hall–Kier alpha value is -2.57. The van der Waals surface area contributed by atoms with Crippen molar-refractivity contribution in [2.45, 2.75) is 126 Å². The second kappa shape index (κ2) is 13.8. The molecule has 37 heavy (non-hydrogen) atoms. The Kier molecular flexibility index (Phi) is 12.1. The second-order valence-corrected chi connectivity index (χ2v) is 12.4. The van der Waals surface area contributed by atoms with Gasteiger partial charge >= 0.3 is 6.09 Å². The monoisotopic (exact) mass is 517 g/mol. The van der Waals surface area contributed by atoms with E-state index in [-0.39, 0.29) is 29.8 Å². The molecule has 1 aromatic rings. The lowest BCUT2D eigenvalue weighted by Gasteiger charge is -2.40. The summed E-state index contributed by atoms with van der Waals surface area (Å²) >= 11 is 0. The van der Waals surface area contributed by atoms with E-state index in [4.69, 9.17) is 4.74 Å². The summed E-state index contributed by atoms with van der Waals surface area (Å²) in [7, 11) is 0. The first kappa shape index (κ1) is 32.5. The molecule has 210 valence electrons. The van der Waals surface area contributed by atoms with Crippen molar-refractivity contribution in [3.05, 3.63) is 34.9 Å². The number of benzene rings is 1. The fourth-order valence-electron chi connectivity index (χ4n) is 4.33. The number of hydrogen-bond donors (Lipinski definition) is 2. The molecule has 0 aliphatic heterocycles. The van der Waals surface area contributed by atoms with Crippen LogP contribution in [0.4, 0.5) is 4.79 Å². The first-order valence-corrected chi connectivity index (χ1v) is 13.6. The van der Waals surface area contributed by atoms with Crippen molar-refractivity contribution in [1.29, 1.82) is 0 Å². The van der Waals surface area contributed by atoms with E-state index in [0.717, 1.165) is 29.5 Å². The quantitative estimate of drug-likeness (QED) is 0.373. The zero-order valence-electron chi connectivity index (χ0n) is 25.2. The van der Waals surface area contributed by atoms with Crippen LogP contribution in [0.2, 0.25) is 0 Å². The molecule has 3 atom stereocenters. The first-order chi connectivity index (χ1) is 16.9. The van der Waals surface area contributed by atoms with Crippen molar-refractivity contribution in [1.82, 2.24) is 15.5 Å². The van der Waals surface area contributed by atoms with Crippen LogP contribution in [0.25, 0.3) is 0 Å². The highest BCUT2D eigenvalue weighted by Gasteiger charge is 2.40. The lowest BCUT2D eigenvalue weighted by Crippen LogP contribution is -2.57. The van der Waals surface area contributed by atoms with Crippen molar-refractivity contribution in [2.24, 2.45) is 11.8 Å². The topological polar surface area (TPSA) is 87.7 Å². The molecule has 0 aliphatic rings. The van der Waals surface area contributed by atoms with E-state index in [1.54, 1.807) is 25.7 Å². The third-order valence-electron chi connectivity index (χ3n) is 6.17. The summed E-state index contributed by atoms with van der Waals surface area (Å²) in [6.07, 6.45) is 0.989. The minimum Gasteiger partial charge on any atom is -0.444 e. The van der Waals surface area contributed by atoms with E-state index < -0.39 is 23.8 Å². The third-order valence-corrected chi connectivity index (χ3v) is 6.17. The molecule has 3 unspecified atom stereocenters. The van der Waals surface area contributed by atoms with Crippen molar-refractivity contribution in [2.75, 3.05) is 0 Å². The van der Waals surface area contributed by atoms with E-state index >= 15 is 0 Å². The van der Waals surface area contributed by atoms with Gasteiger partial charge in [0.1, 0.15) is 17.7 Å². The number of ether oxygens (including phenoxy) is 1. The number of amides is 3. The minimum absolute atomic E-state index is 0.0931. The number of nitrogens with zero attached hydrogens (tertiary/aromatic N) is 1. The third kappa shape index (κ3) is 10.4. The van der Waals surface area contributed by atoms with Crippen LogP contribution in [0.3, 0.4) is 0 Å². The number of aryl methyl sites for hydroxylation is 2. The van der Waals surface area contributed by atoms with Gasteiger partial charge in [-0.15, -0.1) is 0 Å². The van der Waals surface area contributed by atoms with Gasteiger partial charge < -0.3 is 20.3 Å². The van der Waals surface area contributed by atoms with Gasteiger partial charge in [0, 0.05) is 12.1 Å². The van der Waals surface area contributed by atoms with Crippen LogP contribution < -0.4 is 10.6 Å². The van der Waals surface area contributed by atoms with Crippen LogP contribution in [0.15, 0.2) is 18.2 Å². The minimum atomic E-state index is -0.851. The van der Waals surface area contributed by atoms with Gasteiger partial charge in [-0.2, -0.15) is 0 Å². The summed E-state index contributed by atoms with van der Waals surface area (Å²) in [6.45, 7) is 23.2. The molecule has 0 radical (unpaired) electrons. The van der Waals surface area contributed by atoms with Gasteiger partial charge in [0.15, 0.2) is 0 Å². The molecule has 3 amide bonds. The summed E-state index contributed by atoms with van der Waals surface area (Å²) in [4.78, 5) is 42.5. The molecule has 0 bridgehead atoms. The van der Waals surface area contributed by atoms with Gasteiger partial charge in [-0.05, 0) is 91.2 Å². The normalized spacial score (nSPS) is 14.4. The smallest absolute Gasteiger partial charge is 0.408 e. The first-order valence-electron chi connectivity index (χ1n) is 13.6. The van der Waals surface area contributed by atoms with Crippen LogP contribution in [-0.2, 0) is 14.3 Å². The molecule has 1 rings (SSSR count). The molecule has 2 N–H and O–H groups in total. The average Bonchev–Trinajstić information content (AvgIpc) is 2.72. The number of rotatable bonds is 11. The Morgan fingerprint density at radius 1 is 0.919 bits per heavy atom. The van der Waals surface area contributed by atoms with Gasteiger partial charge in [-0.3, -0.25) is 9.59 Å². The zero-order chi connectivity index (χ0) is 28.7. The van der Waals surface area contributed by atoms with Crippen molar-refractivity contribution >= 4 is 17.9 Å². The zero-order valence-corrected chi connectivity index (χ0v) is 25.2. The van der Waals surface area contributed by atoms with Crippen molar-refractivity contribution < 1.29 is 19.1 Å². The van der Waals surface area contributed by atoms with Crippen molar-refractivity contribution in [3.8, 4) is 0 Å². The highest BCUT2D eigenvalue weighted by Crippen LogP contribution is 2.31. The Morgan fingerprint density at radius 2 is 1.51 bits per heavy atom. The molecule has 0 aliphatic carbocycles. The molecular weight excluding hydrogens is 466 g/mol. The lowest BCUT2D eigenvalue weighted by molar-refractivity contribution is -0.146. The van der Waals surface area contributed by atoms with Crippen LogP contribution in [0.1, 0.15) is 105 Å². The molecule has 0 saturated carbocycles. The number of carbonyl (C=O) groups is 3. The maximum absolute atomic E-state index is 14.3. The van der Waals surface area contributed by atoms with Crippen molar-refractivity contribution in [3.63, 3.8) is 0 Å². The maximum Gasteiger partial charge on any atom is 0.408 e. The molecule has 1 aromatic carbocycles. The molecule has 0 spiro atoms. The standard InChI is InChI=1S/C30H51N3O4/c1-18(2)13-15-23(9)33(28(35)25(19(3)4)32-29(36)37-30(10,11)12)26(27(34)31-20(5)6)24-16-14-21(7)17-22(24)8/h14,16-20,23,25-26H,13,15H2,1-12H3,(H,31,34)(H,32,36). The SMILES string of the molecule is Cc1ccc(C(C(=O)NC(C)C)N(C(=O)C(NC(=O)OC(C)(C)C)C(C)C)C(C)CCC(C)C)c(C)c1. The Labute approximate surface area is 225 Å². The number of alkyl carbamates (subject to hydrolysis) is 1. The number of hydrogen-bond acceptors (Lipinski definition) is 4. The fourth-order valence-corrected chi connectivity index (χ4v) is 4.33. The summed E-state index contributed by atoms with van der Waals surface area (Å²) < 4.78 is 5.47. The number of carbonyl (C=O) groups excluding carboxylic acids is 3. The van der Waals surface area contributed by atoms with E-state index in [0.29, 0.717) is 5.92 Å². The second-order valence-electron chi connectivity index (χ2n) is 12.4. The predicted molar refractivity (Wildman–Crippen MR) is 150 cm³/mol. The fraction of sp³-hybridized carbons (Fsp3) is 0.700. The van der Waals surface area contributed by atoms with E-state index in [1.165, 1.54) is 0 Å². The largest absolute Gasteiger partial charge is 0.444 e. The molecule has 7 heteroatoms. The predicted octanol–water partition coefficient (Wildman–Crippen LogP) is 6.07. The Bertz CT molecular complexity index is 918. The van der Waals surface area contributed by atoms with Gasteiger partial charge in [0.05, 0.1) is 0 Å². The molecule has 0 saturated heterocycles. The summed E-state index contributed by atoms with van der Waals surface area (Å²) in [6, 6.07) is 3.93. The summed E-state index contributed by atoms with van der Waals surface area (Å²) in [5, 5.41) is 5.83. The van der Waals surface area contributed by atoms with Gasteiger partial charge in [0.2, 0.25) is 11.8 Å². The molecule has 0 aromatic heterocycles.